The molecule has 0 unspecified atom stereocenters. The molecule has 0 aromatic heterocycles. The molecule has 0 atom stereocenters. The van der Waals surface area contributed by atoms with E-state index < -0.39 is 17.8 Å². The summed E-state index contributed by atoms with van der Waals surface area (Å²) < 4.78 is 32.3. The highest BCUT2D eigenvalue weighted by Crippen LogP contribution is 2.40. The van der Waals surface area contributed by atoms with Crippen LogP contribution in [0.4, 0.5) is 16.2 Å². The number of barbiturate groups is 1. The van der Waals surface area contributed by atoms with Crippen LogP contribution in [0.1, 0.15) is 230 Å². The van der Waals surface area contributed by atoms with Gasteiger partial charge in [0.1, 0.15) is 30.3 Å². The summed E-state index contributed by atoms with van der Waals surface area (Å²) in [5, 5.41) is 13.1. The number of urea groups is 1. The van der Waals surface area contributed by atoms with E-state index in [1.54, 1.807) is 24.3 Å². The van der Waals surface area contributed by atoms with Crippen LogP contribution < -0.4 is 34.3 Å². The molecule has 0 aliphatic carbocycles. The first-order valence-corrected chi connectivity index (χ1v) is 30.7. The van der Waals surface area contributed by atoms with Gasteiger partial charge in [0, 0.05) is 0 Å². The standard InChI is InChI=1S/C67H96N4O8/c1-4-7-10-13-16-19-22-25-28-31-46-75-62-50-56(51-63(76-47-32-29-26-23-20-17-14-11-8-5-2)64(62)77-48-33-30-27-24-21-18-15-12-9-6-3)53-79-60-44-40-58(41-45-60)71-70-57-38-34-55(35-39-57)52-78-59-42-36-54(37-43-59)49-61-65(72)68-67(74)69-66(61)73/h34-45,49-51H,4-33,46-48,52-53H2,1-3H3,(H2,68,69,72,73,74). The first-order valence-electron chi connectivity index (χ1n) is 30.7. The summed E-state index contributed by atoms with van der Waals surface area (Å²) in [4.78, 5) is 35.5. The van der Waals surface area contributed by atoms with Crippen molar-refractivity contribution in [2.45, 2.75) is 227 Å². The molecular formula is C67H96N4O8. The van der Waals surface area contributed by atoms with E-state index in [9.17, 15) is 14.4 Å². The Kier molecular flexibility index (Phi) is 32.3. The van der Waals surface area contributed by atoms with E-state index in [0.717, 1.165) is 72.6 Å². The predicted octanol–water partition coefficient (Wildman–Crippen LogP) is 18.9. The van der Waals surface area contributed by atoms with E-state index in [-0.39, 0.29) is 5.57 Å². The summed E-state index contributed by atoms with van der Waals surface area (Å²) in [6.07, 6.45) is 39.7. The van der Waals surface area contributed by atoms with Crippen LogP contribution in [0.3, 0.4) is 0 Å². The normalized spacial score (nSPS) is 12.4. The molecule has 1 aliphatic rings. The lowest BCUT2D eigenvalue weighted by Crippen LogP contribution is -2.51. The van der Waals surface area contributed by atoms with Crippen LogP contribution >= 0.6 is 0 Å². The van der Waals surface area contributed by atoms with E-state index in [0.29, 0.717) is 55.7 Å². The largest absolute Gasteiger partial charge is 0.490 e. The first kappa shape index (κ1) is 63.7. The Hall–Kier alpha value is -6.17. The Labute approximate surface area is 474 Å². The highest BCUT2D eigenvalue weighted by Gasteiger charge is 2.27. The van der Waals surface area contributed by atoms with Crippen molar-refractivity contribution in [3.63, 3.8) is 0 Å². The van der Waals surface area contributed by atoms with Gasteiger partial charge in [-0.1, -0.05) is 218 Å². The molecule has 2 N–H and O–H groups in total. The second kappa shape index (κ2) is 40.1. The molecule has 12 nitrogen and oxygen atoms in total. The highest BCUT2D eigenvalue weighted by molar-refractivity contribution is 6.31. The number of nitrogens with one attached hydrogen (secondary N) is 2. The summed E-state index contributed by atoms with van der Waals surface area (Å²) in [5.41, 5.74) is 3.78. The van der Waals surface area contributed by atoms with E-state index in [1.807, 2.05) is 48.5 Å². The number of azo groups is 1. The van der Waals surface area contributed by atoms with Crippen LogP contribution in [0.2, 0.25) is 0 Å². The average molecular weight is 1090 g/mol. The number of amides is 4. The quantitative estimate of drug-likeness (QED) is 0.0193. The van der Waals surface area contributed by atoms with Crippen molar-refractivity contribution in [2.24, 2.45) is 10.2 Å². The van der Waals surface area contributed by atoms with Gasteiger partial charge in [-0.05, 0) is 103 Å². The predicted molar refractivity (Wildman–Crippen MR) is 320 cm³/mol. The summed E-state index contributed by atoms with van der Waals surface area (Å²) in [6.45, 7) is 9.41. The summed E-state index contributed by atoms with van der Waals surface area (Å²) in [7, 11) is 0. The molecular weight excluding hydrogens is 989 g/mol. The third-order valence-electron chi connectivity index (χ3n) is 14.3. The topological polar surface area (TPSA) is 146 Å². The fourth-order valence-corrected chi connectivity index (χ4v) is 9.53. The molecule has 1 heterocycles. The molecule has 0 spiro atoms. The van der Waals surface area contributed by atoms with Gasteiger partial charge in [-0.15, -0.1) is 0 Å². The van der Waals surface area contributed by atoms with Gasteiger partial charge in [0.25, 0.3) is 11.8 Å². The first-order chi connectivity index (χ1) is 38.8. The van der Waals surface area contributed by atoms with Gasteiger partial charge in [0.05, 0.1) is 31.2 Å². The molecule has 0 bridgehead atoms. The average Bonchev–Trinajstić information content (AvgIpc) is 3.47. The van der Waals surface area contributed by atoms with Gasteiger partial charge in [0.2, 0.25) is 5.75 Å². The maximum atomic E-state index is 12.1. The Bertz CT molecular complexity index is 2300. The Morgan fingerprint density at radius 2 is 0.722 bits per heavy atom. The SMILES string of the molecule is CCCCCCCCCCCCOc1cc(COc2ccc(N=Nc3ccc(COc4ccc(C=C5C(=O)NC(=O)NC5=O)cc4)cc3)cc2)cc(OCCCCCCCCCCCC)c1OCCCCCCCCCCCC. The summed E-state index contributed by atoms with van der Waals surface area (Å²) >= 11 is 0. The van der Waals surface area contributed by atoms with Crippen LogP contribution in [-0.2, 0) is 22.8 Å². The molecule has 1 saturated heterocycles. The second-order valence-corrected chi connectivity index (χ2v) is 21.3. The number of hydrogen-bond acceptors (Lipinski definition) is 10. The zero-order chi connectivity index (χ0) is 55.8. The molecule has 4 amide bonds. The lowest BCUT2D eigenvalue weighted by molar-refractivity contribution is -0.123. The van der Waals surface area contributed by atoms with Crippen molar-refractivity contribution in [3.05, 3.63) is 107 Å². The van der Waals surface area contributed by atoms with E-state index in [4.69, 9.17) is 23.7 Å². The van der Waals surface area contributed by atoms with Crippen molar-refractivity contribution in [1.82, 2.24) is 10.6 Å². The van der Waals surface area contributed by atoms with Gasteiger partial charge in [-0.25, -0.2) is 4.79 Å². The lowest BCUT2D eigenvalue weighted by Gasteiger charge is -2.19. The number of carbonyl (C=O) groups is 3. The zero-order valence-corrected chi connectivity index (χ0v) is 48.6. The van der Waals surface area contributed by atoms with Gasteiger partial charge in [-0.2, -0.15) is 10.2 Å². The molecule has 1 fully saturated rings. The maximum absolute atomic E-state index is 12.1. The molecule has 4 aromatic carbocycles. The summed E-state index contributed by atoms with van der Waals surface area (Å²) in [5.74, 6) is 2.07. The van der Waals surface area contributed by atoms with E-state index in [2.05, 4.69) is 53.8 Å². The van der Waals surface area contributed by atoms with Crippen molar-refractivity contribution in [2.75, 3.05) is 19.8 Å². The minimum Gasteiger partial charge on any atom is -0.490 e. The number of rotatable bonds is 45. The molecule has 79 heavy (non-hydrogen) atoms. The zero-order valence-electron chi connectivity index (χ0n) is 48.6. The van der Waals surface area contributed by atoms with E-state index >= 15 is 0 Å². The van der Waals surface area contributed by atoms with Crippen molar-refractivity contribution in [3.8, 4) is 28.7 Å². The molecule has 1 aliphatic heterocycles. The van der Waals surface area contributed by atoms with Crippen LogP contribution in [0.5, 0.6) is 28.7 Å². The smallest absolute Gasteiger partial charge is 0.328 e. The van der Waals surface area contributed by atoms with E-state index in [1.165, 1.54) is 160 Å². The minimum absolute atomic E-state index is 0.145. The van der Waals surface area contributed by atoms with Crippen LogP contribution in [-0.4, -0.2) is 37.7 Å². The number of imide groups is 2. The number of hydrogen-bond donors (Lipinski definition) is 2. The van der Waals surface area contributed by atoms with Crippen LogP contribution in [0.25, 0.3) is 6.08 Å². The second-order valence-electron chi connectivity index (χ2n) is 21.3. The molecule has 0 radical (unpaired) electrons. The number of unbranched alkanes of at least 4 members (excludes halogenated alkanes) is 27. The fraction of sp³-hybridized carbons (Fsp3) is 0.567. The highest BCUT2D eigenvalue weighted by atomic mass is 16.5. The molecule has 0 saturated carbocycles. The molecule has 5 rings (SSSR count). The Morgan fingerprint density at radius 3 is 1.13 bits per heavy atom. The van der Waals surface area contributed by atoms with Gasteiger partial charge in [-0.3, -0.25) is 20.2 Å². The fourth-order valence-electron chi connectivity index (χ4n) is 9.53. The minimum atomic E-state index is -0.832. The maximum Gasteiger partial charge on any atom is 0.328 e. The van der Waals surface area contributed by atoms with Gasteiger partial charge < -0.3 is 23.7 Å². The van der Waals surface area contributed by atoms with Crippen molar-refractivity contribution < 1.29 is 38.1 Å². The number of carbonyl (C=O) groups excluding carboxylic acids is 3. The van der Waals surface area contributed by atoms with Gasteiger partial charge in [0.15, 0.2) is 11.5 Å². The summed E-state index contributed by atoms with van der Waals surface area (Å²) in [6, 6.07) is 25.6. The lowest BCUT2D eigenvalue weighted by atomic mass is 10.1. The molecule has 12 heteroatoms. The Balaban J connectivity index is 1.16. The van der Waals surface area contributed by atoms with Crippen LogP contribution in [0, 0.1) is 0 Å². The van der Waals surface area contributed by atoms with Crippen molar-refractivity contribution >= 4 is 35.3 Å². The number of ether oxygens (including phenoxy) is 5. The third kappa shape index (κ3) is 27.0. The van der Waals surface area contributed by atoms with Crippen LogP contribution in [0.15, 0.2) is 101 Å². The number of benzene rings is 4. The van der Waals surface area contributed by atoms with Crippen molar-refractivity contribution in [1.29, 1.82) is 0 Å². The molecule has 432 valence electrons. The monoisotopic (exact) mass is 1080 g/mol. The Morgan fingerprint density at radius 1 is 0.380 bits per heavy atom. The third-order valence-corrected chi connectivity index (χ3v) is 14.3. The van der Waals surface area contributed by atoms with Gasteiger partial charge >= 0.3 is 6.03 Å². The number of nitrogens with zero attached hydrogens (tertiary/aromatic N) is 2. The molecule has 4 aromatic rings.